The largest absolute Gasteiger partial charge is 0.416 e. The van der Waals surface area contributed by atoms with Gasteiger partial charge in [-0.1, -0.05) is 12.1 Å². The minimum atomic E-state index is -5.14. The number of halogens is 11. The Morgan fingerprint density at radius 3 is 1.67 bits per heavy atom. The van der Waals surface area contributed by atoms with Gasteiger partial charge in [0.15, 0.2) is 0 Å². The molecule has 18 heteroatoms. The first kappa shape index (κ1) is 42.8. The number of alkyl halides is 9. The Hall–Kier alpha value is -2.34. The number of benzene rings is 2. The molecule has 1 amide bonds. The number of piperazine rings is 1. The zero-order valence-electron chi connectivity index (χ0n) is 26.5. The van der Waals surface area contributed by atoms with Crippen LogP contribution in [0.5, 0.6) is 0 Å². The van der Waals surface area contributed by atoms with Crippen molar-refractivity contribution in [3.8, 4) is 0 Å². The van der Waals surface area contributed by atoms with Crippen molar-refractivity contribution in [2.24, 2.45) is 0 Å². The molecule has 7 nitrogen and oxygen atoms in total. The zero-order chi connectivity index (χ0) is 34.6. The van der Waals surface area contributed by atoms with E-state index in [9.17, 15) is 44.3 Å². The second-order valence-electron chi connectivity index (χ2n) is 11.7. The van der Waals surface area contributed by atoms with E-state index in [0.717, 1.165) is 12.1 Å². The van der Waals surface area contributed by atoms with Crippen molar-refractivity contribution in [3.63, 3.8) is 0 Å². The van der Waals surface area contributed by atoms with Crippen molar-refractivity contribution in [3.05, 3.63) is 70.3 Å². The number of methoxy groups -OCH3 is 2. The molecule has 49 heavy (non-hydrogen) atoms. The standard InChI is InChI=1S/C31H36F9N3O4.2ClH/c1-45-18-26-16-42(17-27(47-26)19-46-2)8-7-41-9-10-43(25(15-41)11-20-3-5-22(6-4-20)29(32,33)34)28(44)21-12-23(30(35,36)37)14-24(13-21)31(38,39)40;;/h3-6,12-14,25-27H,7-11,15-19H2,1-2H3;2*1H/t25-,26-,27+;;/m1../s1. The van der Waals surface area contributed by atoms with Crippen LogP contribution in [0.25, 0.3) is 0 Å². The van der Waals surface area contributed by atoms with E-state index < -0.39 is 52.7 Å². The van der Waals surface area contributed by atoms with Crippen LogP contribution < -0.4 is 0 Å². The summed E-state index contributed by atoms with van der Waals surface area (Å²) in [4.78, 5) is 19.0. The lowest BCUT2D eigenvalue weighted by Crippen LogP contribution is -2.58. The summed E-state index contributed by atoms with van der Waals surface area (Å²) in [6.07, 6.45) is -15.2. The minimum Gasteiger partial charge on any atom is -0.382 e. The Labute approximate surface area is 290 Å². The van der Waals surface area contributed by atoms with E-state index in [-0.39, 0.29) is 69.1 Å². The van der Waals surface area contributed by atoms with E-state index in [1.54, 1.807) is 14.2 Å². The molecule has 2 aromatic carbocycles. The number of rotatable bonds is 10. The SMILES string of the molecule is COC[C@@H]1CN(CCN2CCN(C(=O)c3cc(C(F)(F)F)cc(C(F)(F)F)c3)[C@H](Cc3ccc(C(F)(F)F)cc3)C2)C[C@H](COC)O1.Cl.Cl. The molecule has 2 aromatic rings. The zero-order valence-corrected chi connectivity index (χ0v) is 28.2. The number of hydrogen-bond acceptors (Lipinski definition) is 6. The third-order valence-corrected chi connectivity index (χ3v) is 8.16. The summed E-state index contributed by atoms with van der Waals surface area (Å²) >= 11 is 0. The van der Waals surface area contributed by atoms with E-state index in [0.29, 0.717) is 57.1 Å². The Bertz CT molecular complexity index is 1300. The minimum absolute atomic E-state index is 0. The first-order valence-electron chi connectivity index (χ1n) is 14.8. The van der Waals surface area contributed by atoms with Crippen molar-refractivity contribution in [2.45, 2.75) is 43.2 Å². The van der Waals surface area contributed by atoms with E-state index in [1.807, 2.05) is 4.90 Å². The number of amides is 1. The summed E-state index contributed by atoms with van der Waals surface area (Å²) in [5.41, 5.74) is -4.47. The van der Waals surface area contributed by atoms with Gasteiger partial charge in [0.2, 0.25) is 0 Å². The number of ether oxygens (including phenoxy) is 3. The summed E-state index contributed by atoms with van der Waals surface area (Å²) in [5.74, 6) is -1.03. The van der Waals surface area contributed by atoms with Gasteiger partial charge in [-0.25, -0.2) is 0 Å². The third kappa shape index (κ3) is 11.9. The molecular formula is C31H38Cl2F9N3O4. The van der Waals surface area contributed by atoms with Crippen molar-refractivity contribution in [1.29, 1.82) is 0 Å². The summed E-state index contributed by atoms with van der Waals surface area (Å²) in [7, 11) is 3.13. The fraction of sp³-hybridized carbons (Fsp3) is 0.581. The lowest BCUT2D eigenvalue weighted by Gasteiger charge is -2.43. The first-order valence-corrected chi connectivity index (χ1v) is 14.8. The molecule has 0 unspecified atom stereocenters. The Morgan fingerprint density at radius 2 is 1.20 bits per heavy atom. The topological polar surface area (TPSA) is 54.5 Å². The maximum Gasteiger partial charge on any atom is 0.416 e. The van der Waals surface area contributed by atoms with Crippen LogP contribution >= 0.6 is 24.8 Å². The van der Waals surface area contributed by atoms with Crippen molar-refractivity contribution in [1.82, 2.24) is 14.7 Å². The Balaban J connectivity index is 0.00000417. The van der Waals surface area contributed by atoms with Crippen LogP contribution in [0, 0.1) is 0 Å². The average Bonchev–Trinajstić information content (AvgIpc) is 2.99. The summed E-state index contributed by atoms with van der Waals surface area (Å²) in [6, 6.07) is 4.24. The molecule has 0 N–H and O–H groups in total. The van der Waals surface area contributed by atoms with Crippen LogP contribution in [0.4, 0.5) is 39.5 Å². The highest BCUT2D eigenvalue weighted by atomic mass is 35.5. The van der Waals surface area contributed by atoms with Gasteiger partial charge in [0.1, 0.15) is 0 Å². The summed E-state index contributed by atoms with van der Waals surface area (Å²) in [6.45, 7) is 3.43. The predicted molar refractivity (Wildman–Crippen MR) is 166 cm³/mol. The molecule has 278 valence electrons. The van der Waals surface area contributed by atoms with Crippen LogP contribution in [0.15, 0.2) is 42.5 Å². The Kier molecular flexibility index (Phi) is 15.5. The van der Waals surface area contributed by atoms with Gasteiger partial charge in [-0.3, -0.25) is 14.6 Å². The van der Waals surface area contributed by atoms with Crippen LogP contribution in [0.1, 0.15) is 32.6 Å². The van der Waals surface area contributed by atoms with Gasteiger partial charge >= 0.3 is 18.5 Å². The van der Waals surface area contributed by atoms with E-state index in [4.69, 9.17) is 14.2 Å². The number of hydrogen-bond donors (Lipinski definition) is 0. The first-order chi connectivity index (χ1) is 22.0. The molecule has 0 bridgehead atoms. The average molecular weight is 759 g/mol. The normalized spacial score (nSPS) is 21.2. The number of nitrogens with zero attached hydrogens (tertiary/aromatic N) is 3. The molecule has 2 heterocycles. The summed E-state index contributed by atoms with van der Waals surface area (Å²) < 4.78 is 137. The van der Waals surface area contributed by atoms with Crippen molar-refractivity contribution in [2.75, 3.05) is 73.2 Å². The van der Waals surface area contributed by atoms with E-state index >= 15 is 0 Å². The lowest BCUT2D eigenvalue weighted by atomic mass is 9.98. The molecule has 0 aromatic heterocycles. The van der Waals surface area contributed by atoms with Crippen LogP contribution in [-0.2, 0) is 39.2 Å². The van der Waals surface area contributed by atoms with Crippen LogP contribution in [-0.4, -0.2) is 112 Å². The van der Waals surface area contributed by atoms with Gasteiger partial charge in [0.05, 0.1) is 42.1 Å². The highest BCUT2D eigenvalue weighted by Gasteiger charge is 2.39. The quantitative estimate of drug-likeness (QED) is 0.265. The number of morpholine rings is 1. The van der Waals surface area contributed by atoms with Crippen molar-refractivity contribution >= 4 is 30.7 Å². The Morgan fingerprint density at radius 1 is 0.714 bits per heavy atom. The number of carbonyl (C=O) groups excluding carboxylic acids is 1. The second kappa shape index (κ2) is 17.7. The van der Waals surface area contributed by atoms with Gasteiger partial charge in [0.25, 0.3) is 5.91 Å². The monoisotopic (exact) mass is 757 g/mol. The molecule has 2 aliphatic rings. The highest BCUT2D eigenvalue weighted by Crippen LogP contribution is 2.37. The maximum absolute atomic E-state index is 13.6. The highest BCUT2D eigenvalue weighted by molar-refractivity contribution is 5.95. The van der Waals surface area contributed by atoms with Gasteiger partial charge in [-0.05, 0) is 42.3 Å². The van der Waals surface area contributed by atoms with Crippen molar-refractivity contribution < 1.29 is 58.5 Å². The fourth-order valence-electron chi connectivity index (χ4n) is 5.94. The van der Waals surface area contributed by atoms with Crippen LogP contribution in [0.3, 0.4) is 0 Å². The molecule has 3 atom stereocenters. The van der Waals surface area contributed by atoms with E-state index in [1.165, 1.54) is 17.0 Å². The molecule has 0 saturated carbocycles. The van der Waals surface area contributed by atoms with Gasteiger partial charge < -0.3 is 19.1 Å². The molecule has 0 spiro atoms. The maximum atomic E-state index is 13.6. The predicted octanol–water partition coefficient (Wildman–Crippen LogP) is 6.32. The van der Waals surface area contributed by atoms with Gasteiger partial charge in [0, 0.05) is 71.6 Å². The van der Waals surface area contributed by atoms with Gasteiger partial charge in [-0.2, -0.15) is 39.5 Å². The molecule has 0 aliphatic carbocycles. The number of carbonyl (C=O) groups is 1. The van der Waals surface area contributed by atoms with E-state index in [2.05, 4.69) is 4.90 Å². The molecule has 2 aliphatic heterocycles. The molecular weight excluding hydrogens is 720 g/mol. The van der Waals surface area contributed by atoms with Gasteiger partial charge in [-0.15, -0.1) is 24.8 Å². The molecule has 0 radical (unpaired) electrons. The molecule has 4 rings (SSSR count). The molecule has 2 fully saturated rings. The fourth-order valence-corrected chi connectivity index (χ4v) is 5.94. The van der Waals surface area contributed by atoms with Crippen LogP contribution in [0.2, 0.25) is 0 Å². The second-order valence-corrected chi connectivity index (χ2v) is 11.7. The molecule has 2 saturated heterocycles. The third-order valence-electron chi connectivity index (χ3n) is 8.16. The summed E-state index contributed by atoms with van der Waals surface area (Å²) in [5, 5.41) is 0. The lowest BCUT2D eigenvalue weighted by molar-refractivity contribution is -0.143. The smallest absolute Gasteiger partial charge is 0.382 e.